The van der Waals surface area contributed by atoms with E-state index in [2.05, 4.69) is 6.92 Å². The molecule has 1 aromatic rings. The van der Waals surface area contributed by atoms with Gasteiger partial charge in [-0.3, -0.25) is 4.79 Å². The summed E-state index contributed by atoms with van der Waals surface area (Å²) in [5.74, 6) is 1.71. The second-order valence-corrected chi connectivity index (χ2v) is 4.34. The fraction of sp³-hybridized carbons (Fsp3) is 0.462. The lowest BCUT2D eigenvalue weighted by Crippen LogP contribution is -2.01. The molecule has 0 saturated carbocycles. The number of methoxy groups -OCH3 is 1. The van der Waals surface area contributed by atoms with E-state index in [0.717, 1.165) is 24.2 Å². The largest absolute Gasteiger partial charge is 0.496 e. The van der Waals surface area contributed by atoms with Gasteiger partial charge in [-0.15, -0.1) is 0 Å². The third kappa shape index (κ3) is 1.65. The van der Waals surface area contributed by atoms with E-state index in [1.165, 1.54) is 11.1 Å². The van der Waals surface area contributed by atoms with E-state index >= 15 is 0 Å². The first kappa shape index (κ1) is 10.2. The highest BCUT2D eigenvalue weighted by Gasteiger charge is 2.25. The van der Waals surface area contributed by atoms with Crippen molar-refractivity contribution in [2.75, 3.05) is 7.11 Å². The number of ether oxygens (including phenoxy) is 1. The van der Waals surface area contributed by atoms with Gasteiger partial charge in [0, 0.05) is 5.56 Å². The van der Waals surface area contributed by atoms with E-state index in [0.29, 0.717) is 5.92 Å². The Kier molecular flexibility index (Phi) is 2.51. The molecule has 1 aliphatic carbocycles. The molecular formula is C13H16O2. The van der Waals surface area contributed by atoms with Crippen LogP contribution in [-0.2, 0) is 12.8 Å². The second kappa shape index (κ2) is 3.69. The highest BCUT2D eigenvalue weighted by atomic mass is 16.5. The van der Waals surface area contributed by atoms with Crippen LogP contribution in [0.15, 0.2) is 12.1 Å². The molecule has 0 amide bonds. The summed E-state index contributed by atoms with van der Waals surface area (Å²) in [4.78, 5) is 11.5. The minimum atomic E-state index is 0.156. The van der Waals surface area contributed by atoms with Crippen molar-refractivity contribution in [3.8, 4) is 5.75 Å². The van der Waals surface area contributed by atoms with Gasteiger partial charge < -0.3 is 4.74 Å². The van der Waals surface area contributed by atoms with Crippen LogP contribution in [0.3, 0.4) is 0 Å². The highest BCUT2D eigenvalue weighted by Crippen LogP contribution is 2.35. The average Bonchev–Trinajstić information content (AvgIpc) is 2.56. The van der Waals surface area contributed by atoms with E-state index < -0.39 is 0 Å². The topological polar surface area (TPSA) is 26.3 Å². The van der Waals surface area contributed by atoms with Crippen LogP contribution in [0.4, 0.5) is 0 Å². The number of ketones is 1. The Morgan fingerprint density at radius 2 is 2.00 bits per heavy atom. The van der Waals surface area contributed by atoms with E-state index in [9.17, 15) is 4.79 Å². The maximum Gasteiger partial charge on any atom is 0.160 e. The Morgan fingerprint density at radius 1 is 1.33 bits per heavy atom. The number of hydrogen-bond acceptors (Lipinski definition) is 2. The maximum absolute atomic E-state index is 11.5. The summed E-state index contributed by atoms with van der Waals surface area (Å²) in [5, 5.41) is 0. The summed E-state index contributed by atoms with van der Waals surface area (Å²) >= 11 is 0. The molecule has 0 radical (unpaired) electrons. The number of carbonyl (C=O) groups is 1. The van der Waals surface area contributed by atoms with Crippen LogP contribution in [0.25, 0.3) is 0 Å². The molecule has 0 N–H and O–H groups in total. The van der Waals surface area contributed by atoms with Crippen molar-refractivity contribution in [1.82, 2.24) is 0 Å². The minimum absolute atomic E-state index is 0.156. The Labute approximate surface area is 90.3 Å². The van der Waals surface area contributed by atoms with Gasteiger partial charge in [-0.05, 0) is 48.9 Å². The number of carbonyl (C=O) groups excluding carboxylic acids is 1. The van der Waals surface area contributed by atoms with Gasteiger partial charge in [0.25, 0.3) is 0 Å². The van der Waals surface area contributed by atoms with Crippen molar-refractivity contribution < 1.29 is 9.53 Å². The molecule has 0 heterocycles. The Balaban J connectivity index is 2.57. The molecule has 1 unspecified atom stereocenters. The summed E-state index contributed by atoms with van der Waals surface area (Å²) in [5.41, 5.74) is 3.31. The zero-order valence-corrected chi connectivity index (χ0v) is 9.46. The number of fused-ring (bicyclic) bond motifs is 1. The molecule has 2 heteroatoms. The predicted octanol–water partition coefficient (Wildman–Crippen LogP) is 2.63. The van der Waals surface area contributed by atoms with E-state index in [-0.39, 0.29) is 5.78 Å². The van der Waals surface area contributed by atoms with Gasteiger partial charge in [0.05, 0.1) is 7.11 Å². The SMILES string of the molecule is COc1ccc(C(C)=O)c2c1CC(C)C2. The normalized spacial score (nSPS) is 18.7. The zero-order chi connectivity index (χ0) is 11.0. The van der Waals surface area contributed by atoms with Crippen LogP contribution in [0, 0.1) is 5.92 Å². The van der Waals surface area contributed by atoms with Crippen molar-refractivity contribution in [2.24, 2.45) is 5.92 Å². The van der Waals surface area contributed by atoms with E-state index in [1.807, 2.05) is 12.1 Å². The number of hydrogen-bond donors (Lipinski definition) is 0. The third-order valence-electron chi connectivity index (χ3n) is 3.09. The molecule has 1 atom stereocenters. The van der Waals surface area contributed by atoms with Crippen LogP contribution in [-0.4, -0.2) is 12.9 Å². The quantitative estimate of drug-likeness (QED) is 0.692. The van der Waals surface area contributed by atoms with Crippen LogP contribution < -0.4 is 4.74 Å². The zero-order valence-electron chi connectivity index (χ0n) is 9.46. The van der Waals surface area contributed by atoms with Gasteiger partial charge in [0.1, 0.15) is 5.75 Å². The van der Waals surface area contributed by atoms with Crippen LogP contribution in [0.5, 0.6) is 5.75 Å². The molecule has 0 bridgehead atoms. The molecule has 0 spiro atoms. The standard InChI is InChI=1S/C13H16O2/c1-8-6-11-10(9(2)14)4-5-13(15-3)12(11)7-8/h4-5,8H,6-7H2,1-3H3. The number of rotatable bonds is 2. The molecule has 1 aromatic carbocycles. The maximum atomic E-state index is 11.5. The average molecular weight is 204 g/mol. The Hall–Kier alpha value is -1.31. The molecule has 15 heavy (non-hydrogen) atoms. The van der Waals surface area contributed by atoms with Crippen molar-refractivity contribution in [3.05, 3.63) is 28.8 Å². The lowest BCUT2D eigenvalue weighted by Gasteiger charge is -2.09. The molecule has 2 nitrogen and oxygen atoms in total. The molecular weight excluding hydrogens is 188 g/mol. The smallest absolute Gasteiger partial charge is 0.160 e. The summed E-state index contributed by atoms with van der Waals surface area (Å²) < 4.78 is 5.33. The predicted molar refractivity (Wildman–Crippen MR) is 59.6 cm³/mol. The number of Topliss-reactive ketones (excluding diaryl/α,β-unsaturated/α-hetero) is 1. The molecule has 0 saturated heterocycles. The first-order chi connectivity index (χ1) is 7.13. The molecule has 1 aliphatic rings. The first-order valence-electron chi connectivity index (χ1n) is 5.33. The summed E-state index contributed by atoms with van der Waals surface area (Å²) in [6.45, 7) is 3.84. The molecule has 0 aromatic heterocycles. The molecule has 2 rings (SSSR count). The lowest BCUT2D eigenvalue weighted by atomic mass is 10.00. The third-order valence-corrected chi connectivity index (χ3v) is 3.09. The number of benzene rings is 1. The van der Waals surface area contributed by atoms with Crippen LogP contribution in [0.1, 0.15) is 35.3 Å². The van der Waals surface area contributed by atoms with E-state index in [4.69, 9.17) is 4.74 Å². The molecule has 0 fully saturated rings. The van der Waals surface area contributed by atoms with Gasteiger partial charge in [0.15, 0.2) is 5.78 Å². The van der Waals surface area contributed by atoms with Crippen LogP contribution in [0.2, 0.25) is 0 Å². The van der Waals surface area contributed by atoms with Crippen LogP contribution >= 0.6 is 0 Å². The highest BCUT2D eigenvalue weighted by molar-refractivity contribution is 5.96. The molecule has 0 aliphatic heterocycles. The molecule has 80 valence electrons. The summed E-state index contributed by atoms with van der Waals surface area (Å²) in [6, 6.07) is 3.80. The fourth-order valence-corrected chi connectivity index (χ4v) is 2.42. The van der Waals surface area contributed by atoms with Crippen molar-refractivity contribution in [2.45, 2.75) is 26.7 Å². The minimum Gasteiger partial charge on any atom is -0.496 e. The van der Waals surface area contributed by atoms with Crippen molar-refractivity contribution in [1.29, 1.82) is 0 Å². The summed E-state index contributed by atoms with van der Waals surface area (Å²) in [6.07, 6.45) is 2.03. The fourth-order valence-electron chi connectivity index (χ4n) is 2.42. The van der Waals surface area contributed by atoms with Gasteiger partial charge in [-0.25, -0.2) is 0 Å². The van der Waals surface area contributed by atoms with Gasteiger partial charge in [0.2, 0.25) is 0 Å². The van der Waals surface area contributed by atoms with Gasteiger partial charge in [-0.1, -0.05) is 6.92 Å². The van der Waals surface area contributed by atoms with Crippen molar-refractivity contribution in [3.63, 3.8) is 0 Å². The van der Waals surface area contributed by atoms with Gasteiger partial charge >= 0.3 is 0 Å². The summed E-state index contributed by atoms with van der Waals surface area (Å²) in [7, 11) is 1.69. The first-order valence-corrected chi connectivity index (χ1v) is 5.33. The Morgan fingerprint density at radius 3 is 2.60 bits per heavy atom. The van der Waals surface area contributed by atoms with Gasteiger partial charge in [-0.2, -0.15) is 0 Å². The lowest BCUT2D eigenvalue weighted by molar-refractivity contribution is 0.101. The second-order valence-electron chi connectivity index (χ2n) is 4.34. The Bertz CT molecular complexity index is 407. The monoisotopic (exact) mass is 204 g/mol. The van der Waals surface area contributed by atoms with Crippen molar-refractivity contribution >= 4 is 5.78 Å². The van der Waals surface area contributed by atoms with E-state index in [1.54, 1.807) is 14.0 Å².